The lowest BCUT2D eigenvalue weighted by Crippen LogP contribution is -2.13. The predicted octanol–water partition coefficient (Wildman–Crippen LogP) is 2.58. The molecule has 2 N–H and O–H groups in total. The standard InChI is InChI=1S/C9H6Br2N4O/c10-5-2-1-3-6(11)8(5)13-9(16)7-4-12-15-14-7/h1-4H,(H,13,16)(H,12,14,15). The van der Waals surface area contributed by atoms with E-state index in [1.165, 1.54) is 6.20 Å². The van der Waals surface area contributed by atoms with Crippen molar-refractivity contribution < 1.29 is 4.79 Å². The van der Waals surface area contributed by atoms with E-state index < -0.39 is 0 Å². The fourth-order valence-corrected chi connectivity index (χ4v) is 2.30. The molecule has 0 bridgehead atoms. The van der Waals surface area contributed by atoms with Crippen LogP contribution in [-0.2, 0) is 0 Å². The van der Waals surface area contributed by atoms with E-state index in [0.717, 1.165) is 8.95 Å². The predicted molar refractivity (Wildman–Crippen MR) is 66.2 cm³/mol. The number of H-pyrrole nitrogens is 1. The molecule has 5 nitrogen and oxygen atoms in total. The molecule has 0 aliphatic carbocycles. The van der Waals surface area contributed by atoms with Crippen LogP contribution in [0.1, 0.15) is 10.5 Å². The minimum absolute atomic E-state index is 0.239. The molecule has 1 amide bonds. The van der Waals surface area contributed by atoms with Gasteiger partial charge in [0, 0.05) is 8.95 Å². The second-order valence-corrected chi connectivity index (χ2v) is 4.61. The van der Waals surface area contributed by atoms with Gasteiger partial charge in [0.2, 0.25) is 0 Å². The molecule has 16 heavy (non-hydrogen) atoms. The number of hydrogen-bond donors (Lipinski definition) is 2. The molecule has 0 spiro atoms. The number of para-hydroxylation sites is 1. The summed E-state index contributed by atoms with van der Waals surface area (Å²) in [5.74, 6) is -0.318. The summed E-state index contributed by atoms with van der Waals surface area (Å²) in [5.41, 5.74) is 0.901. The number of aromatic amines is 1. The fourth-order valence-electron chi connectivity index (χ4n) is 1.11. The minimum Gasteiger partial charge on any atom is -0.319 e. The summed E-state index contributed by atoms with van der Waals surface area (Å²) < 4.78 is 1.58. The number of hydrogen-bond acceptors (Lipinski definition) is 3. The maximum atomic E-state index is 11.7. The Hall–Kier alpha value is -1.21. The molecule has 1 aromatic heterocycles. The second-order valence-electron chi connectivity index (χ2n) is 2.91. The van der Waals surface area contributed by atoms with Crippen LogP contribution in [0, 0.1) is 0 Å². The highest BCUT2D eigenvalue weighted by Gasteiger charge is 2.12. The first kappa shape index (κ1) is 11.3. The van der Waals surface area contributed by atoms with Gasteiger partial charge in [0.15, 0.2) is 5.69 Å². The molecule has 0 saturated carbocycles. The highest BCUT2D eigenvalue weighted by atomic mass is 79.9. The highest BCUT2D eigenvalue weighted by molar-refractivity contribution is 9.11. The number of amides is 1. The fraction of sp³-hybridized carbons (Fsp3) is 0. The third-order valence-corrected chi connectivity index (χ3v) is 3.17. The molecule has 2 aromatic rings. The van der Waals surface area contributed by atoms with Crippen molar-refractivity contribution in [3.05, 3.63) is 39.0 Å². The zero-order chi connectivity index (χ0) is 11.5. The number of rotatable bonds is 2. The average molecular weight is 346 g/mol. The Morgan fingerprint density at radius 3 is 2.56 bits per heavy atom. The van der Waals surface area contributed by atoms with Gasteiger partial charge in [-0.05, 0) is 44.0 Å². The van der Waals surface area contributed by atoms with Gasteiger partial charge < -0.3 is 5.32 Å². The molecule has 1 aromatic carbocycles. The Bertz CT molecular complexity index is 492. The van der Waals surface area contributed by atoms with Crippen molar-refractivity contribution in [1.29, 1.82) is 0 Å². The average Bonchev–Trinajstić information content (AvgIpc) is 2.76. The maximum Gasteiger partial charge on any atom is 0.277 e. The quantitative estimate of drug-likeness (QED) is 0.878. The summed E-state index contributed by atoms with van der Waals surface area (Å²) in [5, 5.41) is 12.4. The molecular formula is C9H6Br2N4O. The second kappa shape index (κ2) is 4.75. The first-order valence-electron chi connectivity index (χ1n) is 4.29. The summed E-state index contributed by atoms with van der Waals surface area (Å²) in [4.78, 5) is 11.7. The topological polar surface area (TPSA) is 70.7 Å². The van der Waals surface area contributed by atoms with E-state index in [2.05, 4.69) is 52.6 Å². The largest absolute Gasteiger partial charge is 0.319 e. The normalized spacial score (nSPS) is 10.1. The van der Waals surface area contributed by atoms with Gasteiger partial charge in [0.1, 0.15) is 0 Å². The number of halogens is 2. The van der Waals surface area contributed by atoms with Crippen LogP contribution in [0.15, 0.2) is 33.3 Å². The van der Waals surface area contributed by atoms with E-state index in [0.29, 0.717) is 5.69 Å². The molecule has 82 valence electrons. The number of nitrogens with zero attached hydrogens (tertiary/aromatic N) is 2. The van der Waals surface area contributed by atoms with Crippen LogP contribution in [0.4, 0.5) is 5.69 Å². The summed E-state index contributed by atoms with van der Waals surface area (Å²) in [7, 11) is 0. The smallest absolute Gasteiger partial charge is 0.277 e. The summed E-state index contributed by atoms with van der Waals surface area (Å²) in [6.07, 6.45) is 1.36. The number of aromatic nitrogens is 3. The molecule has 0 fully saturated rings. The lowest BCUT2D eigenvalue weighted by molar-refractivity contribution is 0.102. The van der Waals surface area contributed by atoms with Gasteiger partial charge in [0.25, 0.3) is 5.91 Å². The number of benzene rings is 1. The number of carbonyl (C=O) groups is 1. The minimum atomic E-state index is -0.318. The Kier molecular flexibility index (Phi) is 3.35. The Morgan fingerprint density at radius 1 is 1.31 bits per heavy atom. The van der Waals surface area contributed by atoms with Gasteiger partial charge in [-0.15, -0.1) is 0 Å². The summed E-state index contributed by atoms with van der Waals surface area (Å²) in [6, 6.07) is 5.53. The molecule has 2 rings (SSSR count). The van der Waals surface area contributed by atoms with Gasteiger partial charge >= 0.3 is 0 Å². The Labute approximate surface area is 108 Å². The lowest BCUT2D eigenvalue weighted by Gasteiger charge is -2.07. The zero-order valence-electron chi connectivity index (χ0n) is 7.87. The van der Waals surface area contributed by atoms with Crippen LogP contribution in [0.2, 0.25) is 0 Å². The van der Waals surface area contributed by atoms with Crippen molar-refractivity contribution in [2.45, 2.75) is 0 Å². The van der Waals surface area contributed by atoms with Crippen molar-refractivity contribution in [2.75, 3.05) is 5.32 Å². The summed E-state index contributed by atoms with van der Waals surface area (Å²) >= 11 is 6.70. The van der Waals surface area contributed by atoms with E-state index in [-0.39, 0.29) is 11.6 Å². The molecular weight excluding hydrogens is 340 g/mol. The number of nitrogens with one attached hydrogen (secondary N) is 2. The van der Waals surface area contributed by atoms with Crippen molar-refractivity contribution in [3.8, 4) is 0 Å². The maximum absolute atomic E-state index is 11.7. The van der Waals surface area contributed by atoms with Crippen LogP contribution in [-0.4, -0.2) is 21.3 Å². The van der Waals surface area contributed by atoms with E-state index in [4.69, 9.17) is 0 Å². The van der Waals surface area contributed by atoms with Gasteiger partial charge in [-0.1, -0.05) is 6.07 Å². The van der Waals surface area contributed by atoms with Crippen molar-refractivity contribution >= 4 is 43.5 Å². The van der Waals surface area contributed by atoms with Crippen molar-refractivity contribution in [3.63, 3.8) is 0 Å². The first-order valence-corrected chi connectivity index (χ1v) is 5.88. The van der Waals surface area contributed by atoms with E-state index >= 15 is 0 Å². The number of carbonyl (C=O) groups excluding carboxylic acids is 1. The van der Waals surface area contributed by atoms with Gasteiger partial charge in [-0.3, -0.25) is 4.79 Å². The van der Waals surface area contributed by atoms with E-state index in [1.807, 2.05) is 18.2 Å². The first-order chi connectivity index (χ1) is 7.68. The lowest BCUT2D eigenvalue weighted by atomic mass is 10.3. The summed E-state index contributed by atoms with van der Waals surface area (Å²) in [6.45, 7) is 0. The van der Waals surface area contributed by atoms with Gasteiger partial charge in [0.05, 0.1) is 11.9 Å². The van der Waals surface area contributed by atoms with Gasteiger partial charge in [-0.2, -0.15) is 15.4 Å². The van der Waals surface area contributed by atoms with Crippen molar-refractivity contribution in [1.82, 2.24) is 15.4 Å². The van der Waals surface area contributed by atoms with Gasteiger partial charge in [-0.25, -0.2) is 0 Å². The molecule has 0 unspecified atom stereocenters. The van der Waals surface area contributed by atoms with Crippen LogP contribution in [0.5, 0.6) is 0 Å². The molecule has 0 radical (unpaired) electrons. The molecule has 0 aliphatic heterocycles. The van der Waals surface area contributed by atoms with Crippen LogP contribution >= 0.6 is 31.9 Å². The Morgan fingerprint density at radius 2 is 2.00 bits per heavy atom. The monoisotopic (exact) mass is 344 g/mol. The van der Waals surface area contributed by atoms with Crippen molar-refractivity contribution in [2.24, 2.45) is 0 Å². The van der Waals surface area contributed by atoms with E-state index in [9.17, 15) is 4.79 Å². The SMILES string of the molecule is O=C(Nc1c(Br)cccc1Br)c1cn[nH]n1. The zero-order valence-corrected chi connectivity index (χ0v) is 11.0. The molecule has 0 aliphatic rings. The highest BCUT2D eigenvalue weighted by Crippen LogP contribution is 2.30. The third kappa shape index (κ3) is 2.30. The van der Waals surface area contributed by atoms with E-state index in [1.54, 1.807) is 0 Å². The molecule has 1 heterocycles. The van der Waals surface area contributed by atoms with Crippen LogP contribution in [0.3, 0.4) is 0 Å². The van der Waals surface area contributed by atoms with Crippen LogP contribution in [0.25, 0.3) is 0 Å². The third-order valence-electron chi connectivity index (χ3n) is 1.85. The molecule has 0 saturated heterocycles. The molecule has 0 atom stereocenters. The molecule has 7 heteroatoms. The Balaban J connectivity index is 2.25. The number of anilines is 1. The van der Waals surface area contributed by atoms with Crippen LogP contribution < -0.4 is 5.32 Å².